The molecule has 0 aromatic heterocycles. The topological polar surface area (TPSA) is 35.2 Å². The van der Waals surface area contributed by atoms with Crippen molar-refractivity contribution in [2.75, 3.05) is 6.61 Å². The van der Waals surface area contributed by atoms with Crippen LogP contribution in [0, 0.1) is 5.92 Å². The zero-order valence-corrected chi connectivity index (χ0v) is 10.6. The van der Waals surface area contributed by atoms with Crippen LogP contribution in [0.15, 0.2) is 12.1 Å². The van der Waals surface area contributed by atoms with Gasteiger partial charge in [-0.3, -0.25) is 0 Å². The van der Waals surface area contributed by atoms with Crippen LogP contribution in [0.25, 0.3) is 0 Å². The van der Waals surface area contributed by atoms with Crippen LogP contribution in [-0.2, 0) is 6.42 Å². The fourth-order valence-corrected chi connectivity index (χ4v) is 2.36. The van der Waals surface area contributed by atoms with Crippen LogP contribution in [0.2, 0.25) is 5.02 Å². The molecule has 0 fully saturated rings. The van der Waals surface area contributed by atoms with E-state index in [1.54, 1.807) is 0 Å². The molecule has 2 unspecified atom stereocenters. The van der Waals surface area contributed by atoms with Gasteiger partial charge in [-0.15, -0.1) is 0 Å². The Morgan fingerprint density at radius 2 is 2.25 bits per heavy atom. The predicted molar refractivity (Wildman–Crippen MR) is 67.0 cm³/mol. The maximum atomic E-state index is 6.25. The molecule has 0 bridgehead atoms. The van der Waals surface area contributed by atoms with Gasteiger partial charge in [-0.05, 0) is 23.6 Å². The van der Waals surface area contributed by atoms with Crippen molar-refractivity contribution in [1.29, 1.82) is 0 Å². The van der Waals surface area contributed by atoms with Gasteiger partial charge in [0.25, 0.3) is 0 Å². The summed E-state index contributed by atoms with van der Waals surface area (Å²) in [7, 11) is 0. The van der Waals surface area contributed by atoms with E-state index in [1.807, 2.05) is 12.1 Å². The van der Waals surface area contributed by atoms with Crippen molar-refractivity contribution in [3.8, 4) is 5.75 Å². The summed E-state index contributed by atoms with van der Waals surface area (Å²) in [5.74, 6) is 1.41. The first-order chi connectivity index (χ1) is 7.63. The quantitative estimate of drug-likeness (QED) is 0.878. The molecular formula is C13H18ClNO. The Morgan fingerprint density at radius 3 is 2.94 bits per heavy atom. The lowest BCUT2D eigenvalue weighted by Crippen LogP contribution is -2.19. The second-order valence-electron chi connectivity index (χ2n) is 4.49. The van der Waals surface area contributed by atoms with E-state index in [1.165, 1.54) is 5.56 Å². The largest absolute Gasteiger partial charge is 0.493 e. The van der Waals surface area contributed by atoms with E-state index in [-0.39, 0.29) is 6.04 Å². The number of ether oxygens (including phenoxy) is 1. The van der Waals surface area contributed by atoms with Gasteiger partial charge in [-0.1, -0.05) is 31.9 Å². The number of hydrogen-bond acceptors (Lipinski definition) is 2. The van der Waals surface area contributed by atoms with Crippen molar-refractivity contribution in [2.24, 2.45) is 11.7 Å². The van der Waals surface area contributed by atoms with Crippen LogP contribution >= 0.6 is 11.6 Å². The normalized spacial score (nSPS) is 17.8. The zero-order chi connectivity index (χ0) is 11.7. The van der Waals surface area contributed by atoms with E-state index in [0.717, 1.165) is 35.8 Å². The maximum absolute atomic E-state index is 6.25. The summed E-state index contributed by atoms with van der Waals surface area (Å²) in [4.78, 5) is 0. The lowest BCUT2D eigenvalue weighted by Gasteiger charge is -2.21. The molecule has 0 amide bonds. The molecule has 1 aliphatic rings. The van der Waals surface area contributed by atoms with Crippen LogP contribution in [0.4, 0.5) is 0 Å². The average Bonchev–Trinajstić information content (AvgIpc) is 2.73. The Bertz CT molecular complexity index is 392. The second-order valence-corrected chi connectivity index (χ2v) is 4.93. The highest BCUT2D eigenvalue weighted by Gasteiger charge is 2.23. The van der Waals surface area contributed by atoms with E-state index in [4.69, 9.17) is 22.1 Å². The molecule has 1 aliphatic heterocycles. The molecule has 2 N–H and O–H groups in total. The van der Waals surface area contributed by atoms with E-state index >= 15 is 0 Å². The molecule has 0 spiro atoms. The highest BCUT2D eigenvalue weighted by Crippen LogP contribution is 2.38. The molecule has 2 nitrogen and oxygen atoms in total. The van der Waals surface area contributed by atoms with Crippen LogP contribution in [-0.4, -0.2) is 6.61 Å². The van der Waals surface area contributed by atoms with Crippen molar-refractivity contribution >= 4 is 11.6 Å². The van der Waals surface area contributed by atoms with Crippen LogP contribution in [0.1, 0.15) is 37.4 Å². The summed E-state index contributed by atoms with van der Waals surface area (Å²) in [6.45, 7) is 5.05. The Labute approximate surface area is 102 Å². The minimum absolute atomic E-state index is 0.00977. The molecule has 1 heterocycles. The molecule has 1 aromatic rings. The highest BCUT2D eigenvalue weighted by molar-refractivity contribution is 6.30. The zero-order valence-electron chi connectivity index (χ0n) is 9.79. The van der Waals surface area contributed by atoms with Crippen LogP contribution in [0.5, 0.6) is 5.75 Å². The number of nitrogens with two attached hydrogens (primary N) is 1. The molecule has 2 rings (SSSR count). The van der Waals surface area contributed by atoms with Gasteiger partial charge in [0.05, 0.1) is 6.61 Å². The van der Waals surface area contributed by atoms with Crippen molar-refractivity contribution in [3.63, 3.8) is 0 Å². The minimum atomic E-state index is 0.00977. The Balaban J connectivity index is 2.40. The first kappa shape index (κ1) is 11.7. The smallest absolute Gasteiger partial charge is 0.127 e. The fourth-order valence-electron chi connectivity index (χ4n) is 2.11. The van der Waals surface area contributed by atoms with E-state index in [2.05, 4.69) is 13.8 Å². The molecule has 0 saturated carbocycles. The number of benzene rings is 1. The minimum Gasteiger partial charge on any atom is -0.493 e. The number of hydrogen-bond donors (Lipinski definition) is 1. The van der Waals surface area contributed by atoms with E-state index < -0.39 is 0 Å². The van der Waals surface area contributed by atoms with Gasteiger partial charge in [0.2, 0.25) is 0 Å². The van der Waals surface area contributed by atoms with E-state index in [0.29, 0.717) is 5.92 Å². The molecule has 0 aliphatic carbocycles. The lowest BCUT2D eigenvalue weighted by atomic mass is 9.91. The molecule has 2 atom stereocenters. The number of rotatable bonds is 3. The summed E-state index contributed by atoms with van der Waals surface area (Å²) in [6.07, 6.45) is 2.00. The van der Waals surface area contributed by atoms with E-state index in [9.17, 15) is 0 Å². The highest BCUT2D eigenvalue weighted by atomic mass is 35.5. The molecule has 3 heteroatoms. The fraction of sp³-hybridized carbons (Fsp3) is 0.538. The van der Waals surface area contributed by atoms with Crippen molar-refractivity contribution in [3.05, 3.63) is 28.3 Å². The molecule has 0 radical (unpaired) electrons. The number of fused-ring (bicyclic) bond motifs is 1. The van der Waals surface area contributed by atoms with Gasteiger partial charge >= 0.3 is 0 Å². The lowest BCUT2D eigenvalue weighted by molar-refractivity contribution is 0.344. The maximum Gasteiger partial charge on any atom is 0.127 e. The van der Waals surface area contributed by atoms with Crippen LogP contribution < -0.4 is 10.5 Å². The standard InChI is InChI=1S/C13H18ClNO/c1-3-8(2)12(15)11-7-10(14)6-9-4-5-16-13(9)11/h6-8,12H,3-5,15H2,1-2H3. The predicted octanol–water partition coefficient (Wildman–Crippen LogP) is 3.32. The van der Waals surface area contributed by atoms with Crippen molar-refractivity contribution in [2.45, 2.75) is 32.7 Å². The van der Waals surface area contributed by atoms with Crippen LogP contribution in [0.3, 0.4) is 0 Å². The van der Waals surface area contributed by atoms with Gasteiger partial charge in [0.1, 0.15) is 5.75 Å². The Kier molecular flexibility index (Phi) is 3.41. The van der Waals surface area contributed by atoms with Crippen molar-refractivity contribution < 1.29 is 4.74 Å². The second kappa shape index (κ2) is 4.64. The Morgan fingerprint density at radius 1 is 1.50 bits per heavy atom. The van der Waals surface area contributed by atoms with Gasteiger partial charge in [0, 0.05) is 23.0 Å². The third kappa shape index (κ3) is 2.04. The molecule has 1 aromatic carbocycles. The SMILES string of the molecule is CCC(C)C(N)c1cc(Cl)cc2c1OCC2. The van der Waals surface area contributed by atoms with Gasteiger partial charge < -0.3 is 10.5 Å². The van der Waals surface area contributed by atoms with Gasteiger partial charge in [-0.25, -0.2) is 0 Å². The average molecular weight is 240 g/mol. The summed E-state index contributed by atoms with van der Waals surface area (Å²) in [5, 5.41) is 0.762. The molecule has 0 saturated heterocycles. The third-order valence-electron chi connectivity index (χ3n) is 3.39. The van der Waals surface area contributed by atoms with Crippen molar-refractivity contribution in [1.82, 2.24) is 0 Å². The Hall–Kier alpha value is -0.730. The first-order valence-electron chi connectivity index (χ1n) is 5.84. The summed E-state index contributed by atoms with van der Waals surface area (Å²) >= 11 is 6.11. The summed E-state index contributed by atoms with van der Waals surface area (Å²) in [5.41, 5.74) is 8.51. The molecule has 16 heavy (non-hydrogen) atoms. The van der Waals surface area contributed by atoms with Gasteiger partial charge in [0.15, 0.2) is 0 Å². The molecule has 88 valence electrons. The molecular weight excluding hydrogens is 222 g/mol. The number of halogens is 1. The van der Waals surface area contributed by atoms with Gasteiger partial charge in [-0.2, -0.15) is 0 Å². The summed E-state index contributed by atoms with van der Waals surface area (Å²) in [6, 6.07) is 3.94. The third-order valence-corrected chi connectivity index (χ3v) is 3.61. The summed E-state index contributed by atoms with van der Waals surface area (Å²) < 4.78 is 5.66. The monoisotopic (exact) mass is 239 g/mol. The first-order valence-corrected chi connectivity index (χ1v) is 6.22.